The van der Waals surface area contributed by atoms with Crippen LogP contribution in [0.3, 0.4) is 0 Å². The molecule has 6 heteroatoms. The van der Waals surface area contributed by atoms with Gasteiger partial charge in [-0.1, -0.05) is 12.1 Å². The van der Waals surface area contributed by atoms with Crippen LogP contribution < -0.4 is 0 Å². The van der Waals surface area contributed by atoms with Crippen molar-refractivity contribution in [2.24, 2.45) is 9.36 Å². The molecule has 5 nitrogen and oxygen atoms in total. The maximum atomic E-state index is 12.4. The smallest absolute Gasteiger partial charge is 0.313 e. The molecule has 0 N–H and O–H groups in total. The van der Waals surface area contributed by atoms with Crippen LogP contribution in [-0.2, 0) is 19.3 Å². The Morgan fingerprint density at radius 3 is 2.83 bits per heavy atom. The number of fused-ring (bicyclic) bond motifs is 1. The Morgan fingerprint density at radius 2 is 2.11 bits per heavy atom. The average molecular weight is 266 g/mol. The fourth-order valence-corrected chi connectivity index (χ4v) is 3.13. The first-order valence-corrected chi connectivity index (χ1v) is 7.49. The van der Waals surface area contributed by atoms with Crippen LogP contribution in [0, 0.1) is 0 Å². The van der Waals surface area contributed by atoms with Gasteiger partial charge < -0.3 is 4.74 Å². The Kier molecular flexibility index (Phi) is 3.47. The molecule has 0 bridgehead atoms. The summed E-state index contributed by atoms with van der Waals surface area (Å²) in [6.07, 6.45) is 1.50. The number of hydrogen-bond donors (Lipinski definition) is 0. The topological polar surface area (TPSA) is 68.1 Å². The molecule has 1 heterocycles. The summed E-state index contributed by atoms with van der Waals surface area (Å²) in [6.45, 7) is 2.04. The molecule has 1 aromatic carbocycles. The zero-order chi connectivity index (χ0) is 13.2. The summed E-state index contributed by atoms with van der Waals surface area (Å²) in [5.74, 6) is -0.144. The molecular formula is C12H14N2O3S. The van der Waals surface area contributed by atoms with E-state index in [1.165, 1.54) is 0 Å². The van der Waals surface area contributed by atoms with Gasteiger partial charge in [-0.05, 0) is 19.1 Å². The monoisotopic (exact) mass is 266 g/mol. The molecule has 18 heavy (non-hydrogen) atoms. The van der Waals surface area contributed by atoms with E-state index >= 15 is 0 Å². The van der Waals surface area contributed by atoms with Crippen LogP contribution in [0.25, 0.3) is 0 Å². The second-order valence-corrected chi connectivity index (χ2v) is 6.10. The molecule has 1 aromatic rings. The molecule has 96 valence electrons. The largest absolute Gasteiger partial charge is 0.466 e. The van der Waals surface area contributed by atoms with E-state index in [2.05, 4.69) is 9.36 Å². The lowest BCUT2D eigenvalue weighted by Crippen LogP contribution is -2.14. The molecule has 1 atom stereocenters. The third-order valence-electron chi connectivity index (χ3n) is 2.41. The number of carbonyl (C=O) groups excluding carboxylic acids is 1. The maximum Gasteiger partial charge on any atom is 0.313 e. The maximum absolute atomic E-state index is 12.4. The number of amidine groups is 1. The van der Waals surface area contributed by atoms with Crippen LogP contribution in [0.1, 0.15) is 13.3 Å². The highest BCUT2D eigenvalue weighted by atomic mass is 32.2. The summed E-state index contributed by atoms with van der Waals surface area (Å²) in [6, 6.07) is 7.11. The van der Waals surface area contributed by atoms with Crippen molar-refractivity contribution in [3.05, 3.63) is 24.3 Å². The SMILES string of the molecule is CCOC(=O)CC1=Nc2ccccc2S(C)(=O)=N1. The summed E-state index contributed by atoms with van der Waals surface area (Å²) in [7, 11) is -2.52. The van der Waals surface area contributed by atoms with Gasteiger partial charge in [0, 0.05) is 6.26 Å². The van der Waals surface area contributed by atoms with Crippen LogP contribution in [0.2, 0.25) is 0 Å². The van der Waals surface area contributed by atoms with Crippen LogP contribution in [0.5, 0.6) is 0 Å². The molecule has 1 aliphatic heterocycles. The lowest BCUT2D eigenvalue weighted by molar-refractivity contribution is -0.141. The number of benzene rings is 1. The lowest BCUT2D eigenvalue weighted by atomic mass is 10.3. The van der Waals surface area contributed by atoms with Crippen molar-refractivity contribution < 1.29 is 13.7 Å². The highest BCUT2D eigenvalue weighted by Crippen LogP contribution is 2.29. The van der Waals surface area contributed by atoms with E-state index in [1.54, 1.807) is 31.4 Å². The number of hydrogen-bond acceptors (Lipinski definition) is 5. The zero-order valence-corrected chi connectivity index (χ0v) is 11.1. The highest BCUT2D eigenvalue weighted by molar-refractivity contribution is 7.93. The third kappa shape index (κ3) is 2.59. The van der Waals surface area contributed by atoms with E-state index < -0.39 is 15.7 Å². The zero-order valence-electron chi connectivity index (χ0n) is 10.3. The lowest BCUT2D eigenvalue weighted by Gasteiger charge is -2.14. The van der Waals surface area contributed by atoms with E-state index in [0.717, 1.165) is 0 Å². The number of nitrogens with zero attached hydrogens (tertiary/aromatic N) is 2. The molecule has 1 aliphatic rings. The summed E-state index contributed by atoms with van der Waals surface area (Å²) >= 11 is 0. The van der Waals surface area contributed by atoms with Gasteiger partial charge in [0.05, 0.1) is 26.9 Å². The first kappa shape index (κ1) is 12.8. The van der Waals surface area contributed by atoms with Crippen LogP contribution in [-0.4, -0.2) is 28.9 Å². The fourth-order valence-electron chi connectivity index (χ4n) is 1.69. The Bertz CT molecular complexity index is 628. The Morgan fingerprint density at radius 1 is 1.39 bits per heavy atom. The second kappa shape index (κ2) is 4.89. The second-order valence-electron chi connectivity index (χ2n) is 3.87. The molecule has 0 fully saturated rings. The standard InChI is InChI=1S/C12H14N2O3S/c1-3-17-12(15)8-11-13-9-6-4-5-7-10(9)18(2,16)14-11/h4-7H,3,8H2,1-2H3. The Balaban J connectivity index is 2.37. The summed E-state index contributed by atoms with van der Waals surface area (Å²) in [5.41, 5.74) is 0.610. The number of carbonyl (C=O) groups is 1. The Hall–Kier alpha value is -1.69. The number of rotatable bonds is 3. The van der Waals surface area contributed by atoms with Gasteiger partial charge in [0.25, 0.3) is 0 Å². The fraction of sp³-hybridized carbons (Fsp3) is 0.333. The van der Waals surface area contributed by atoms with E-state index in [4.69, 9.17) is 4.74 Å². The van der Waals surface area contributed by atoms with Crippen LogP contribution in [0.4, 0.5) is 5.69 Å². The van der Waals surface area contributed by atoms with E-state index in [-0.39, 0.29) is 12.3 Å². The summed E-state index contributed by atoms with van der Waals surface area (Å²) in [4.78, 5) is 16.2. The van der Waals surface area contributed by atoms with Gasteiger partial charge in [0.2, 0.25) is 0 Å². The predicted molar refractivity (Wildman–Crippen MR) is 69.5 cm³/mol. The minimum absolute atomic E-state index is 0.0486. The van der Waals surface area contributed by atoms with Gasteiger partial charge in [0.15, 0.2) is 0 Å². The van der Waals surface area contributed by atoms with E-state index in [0.29, 0.717) is 17.2 Å². The predicted octanol–water partition coefficient (Wildman–Crippen LogP) is 2.14. The van der Waals surface area contributed by atoms with Crippen LogP contribution >= 0.6 is 0 Å². The number of esters is 1. The molecule has 1 unspecified atom stereocenters. The first-order chi connectivity index (χ1) is 8.53. The van der Waals surface area contributed by atoms with E-state index in [9.17, 15) is 9.00 Å². The first-order valence-electron chi connectivity index (χ1n) is 5.57. The number of para-hydroxylation sites is 1. The molecule has 0 spiro atoms. The molecule has 0 aliphatic carbocycles. The van der Waals surface area contributed by atoms with Gasteiger partial charge in [-0.2, -0.15) is 4.36 Å². The van der Waals surface area contributed by atoms with Gasteiger partial charge >= 0.3 is 5.97 Å². The third-order valence-corrected chi connectivity index (χ3v) is 4.13. The summed E-state index contributed by atoms with van der Waals surface area (Å²) < 4.78 is 21.3. The number of ether oxygens (including phenoxy) is 1. The molecule has 2 rings (SSSR count). The average Bonchev–Trinajstić information content (AvgIpc) is 2.28. The van der Waals surface area contributed by atoms with Crippen molar-refractivity contribution in [3.8, 4) is 0 Å². The summed E-state index contributed by atoms with van der Waals surface area (Å²) in [5, 5.41) is 0. The van der Waals surface area contributed by atoms with Crippen molar-refractivity contribution in [1.82, 2.24) is 0 Å². The molecule has 0 aromatic heterocycles. The van der Waals surface area contributed by atoms with Crippen molar-refractivity contribution in [1.29, 1.82) is 0 Å². The van der Waals surface area contributed by atoms with Gasteiger partial charge in [-0.3, -0.25) is 4.79 Å². The van der Waals surface area contributed by atoms with Crippen molar-refractivity contribution in [3.63, 3.8) is 0 Å². The van der Waals surface area contributed by atoms with Crippen molar-refractivity contribution in [2.45, 2.75) is 18.2 Å². The van der Waals surface area contributed by atoms with Crippen LogP contribution in [0.15, 0.2) is 38.5 Å². The van der Waals surface area contributed by atoms with Crippen molar-refractivity contribution >= 4 is 27.2 Å². The quantitative estimate of drug-likeness (QED) is 0.787. The minimum atomic E-state index is -2.52. The molecule has 0 amide bonds. The normalized spacial score (nSPS) is 21.6. The van der Waals surface area contributed by atoms with Gasteiger partial charge in [-0.25, -0.2) is 9.20 Å². The molecular weight excluding hydrogens is 252 g/mol. The van der Waals surface area contributed by atoms with E-state index in [1.807, 2.05) is 6.07 Å². The minimum Gasteiger partial charge on any atom is -0.466 e. The highest BCUT2D eigenvalue weighted by Gasteiger charge is 2.19. The Labute approximate surface area is 106 Å². The molecule has 0 radical (unpaired) electrons. The van der Waals surface area contributed by atoms with Gasteiger partial charge in [0.1, 0.15) is 12.3 Å². The van der Waals surface area contributed by atoms with Gasteiger partial charge in [-0.15, -0.1) is 0 Å². The molecule has 0 saturated heterocycles. The molecule has 0 saturated carbocycles. The number of aliphatic imine (C=N–C) groups is 1. The van der Waals surface area contributed by atoms with Crippen molar-refractivity contribution in [2.75, 3.05) is 12.9 Å².